The van der Waals surface area contributed by atoms with E-state index in [0.717, 1.165) is 0 Å². The summed E-state index contributed by atoms with van der Waals surface area (Å²) in [4.78, 5) is 60.2. The maximum Gasteiger partial charge on any atom is 0.469 e. The molecule has 0 aliphatic carbocycles. The van der Waals surface area contributed by atoms with Crippen LogP contribution in [0.3, 0.4) is 0 Å². The monoisotopic (exact) mass is 784 g/mol. The van der Waals surface area contributed by atoms with Crippen LogP contribution < -0.4 is 10.6 Å². The maximum atomic E-state index is 11.5. The summed E-state index contributed by atoms with van der Waals surface area (Å²) >= 11 is 1.78. The number of aliphatic hydroxyl groups is 4. The van der Waals surface area contributed by atoms with Gasteiger partial charge in [0.2, 0.25) is 0 Å². The molecule has 0 aromatic rings. The van der Waals surface area contributed by atoms with Crippen LogP contribution in [-0.2, 0) is 37.2 Å². The van der Waals surface area contributed by atoms with E-state index in [2.05, 4.69) is 32.8 Å². The molecule has 4 aliphatic heterocycles. The highest BCUT2D eigenvalue weighted by atomic mass is 127. The van der Waals surface area contributed by atoms with Gasteiger partial charge in [0.15, 0.2) is 12.5 Å². The molecule has 2 fully saturated rings. The third kappa shape index (κ3) is 9.15. The number of phosphoric acid groups is 2. The predicted molar refractivity (Wildman–Crippen MR) is 151 cm³/mol. The average molecular weight is 784 g/mol. The first kappa shape index (κ1) is 36.7. The number of carbonyl (C=O) groups is 2. The number of rotatable bonds is 8. The van der Waals surface area contributed by atoms with Crippen molar-refractivity contribution in [3.05, 3.63) is 46.4 Å². The van der Waals surface area contributed by atoms with Crippen molar-refractivity contribution in [3.8, 4) is 0 Å². The number of nitrogens with one attached hydrogen (secondary N) is 2. The lowest BCUT2D eigenvalue weighted by Crippen LogP contribution is -2.47. The Morgan fingerprint density at radius 1 is 0.795 bits per heavy atom. The van der Waals surface area contributed by atoms with Gasteiger partial charge in [-0.3, -0.25) is 18.6 Å². The van der Waals surface area contributed by atoms with Gasteiger partial charge in [-0.2, -0.15) is 0 Å². The first-order valence-corrected chi connectivity index (χ1v) is 16.4. The smallest absolute Gasteiger partial charge is 0.387 e. The highest BCUT2D eigenvalue weighted by molar-refractivity contribution is 14.1. The molecule has 8 atom stereocenters. The molecule has 0 radical (unpaired) electrons. The molecule has 4 heterocycles. The summed E-state index contributed by atoms with van der Waals surface area (Å²) in [7, 11) is -9.44. The molecule has 0 spiro atoms. The van der Waals surface area contributed by atoms with Crippen molar-refractivity contribution in [2.75, 3.05) is 13.2 Å². The molecule has 20 nitrogen and oxygen atoms in total. The summed E-state index contributed by atoms with van der Waals surface area (Å²) in [5.74, 6) is -0.437. The third-order valence-electron chi connectivity index (χ3n) is 6.34. The van der Waals surface area contributed by atoms with Crippen molar-refractivity contribution in [2.45, 2.75) is 56.0 Å². The first-order chi connectivity index (χ1) is 20.2. The van der Waals surface area contributed by atoms with Crippen LogP contribution in [0.25, 0.3) is 0 Å². The molecule has 2 amide bonds. The number of phosphoric ester groups is 2. The van der Waals surface area contributed by atoms with Gasteiger partial charge in [-0.05, 0) is 29.5 Å². The fraction of sp³-hybridized carbons (Fsp3) is 0.524. The Kier molecular flexibility index (Phi) is 11.9. The predicted octanol–water partition coefficient (Wildman–Crippen LogP) is -2.93. The van der Waals surface area contributed by atoms with Crippen molar-refractivity contribution in [1.82, 2.24) is 20.4 Å². The normalized spacial score (nSPS) is 33.0. The number of nitrogens with zero attached hydrogens (tertiary/aromatic N) is 2. The van der Waals surface area contributed by atoms with Crippen LogP contribution in [0.5, 0.6) is 0 Å². The van der Waals surface area contributed by atoms with E-state index in [1.807, 2.05) is 0 Å². The molecule has 0 saturated carbocycles. The highest BCUT2D eigenvalue weighted by Gasteiger charge is 2.48. The van der Waals surface area contributed by atoms with E-state index in [4.69, 9.17) is 29.0 Å². The van der Waals surface area contributed by atoms with E-state index >= 15 is 0 Å². The lowest BCUT2D eigenvalue weighted by molar-refractivity contribution is -0.120. The minimum Gasteiger partial charge on any atom is -0.387 e. The molecule has 4 rings (SSSR count). The fourth-order valence-electron chi connectivity index (χ4n) is 4.14. The lowest BCUT2D eigenvalue weighted by atomic mass is 10.1. The van der Waals surface area contributed by atoms with Crippen molar-refractivity contribution in [3.63, 3.8) is 0 Å². The van der Waals surface area contributed by atoms with Crippen LogP contribution in [0.15, 0.2) is 46.4 Å². The minimum absolute atomic E-state index is 0.137. The Morgan fingerprint density at radius 3 is 1.59 bits per heavy atom. The van der Waals surface area contributed by atoms with Crippen molar-refractivity contribution < 1.29 is 77.2 Å². The van der Waals surface area contributed by atoms with Gasteiger partial charge in [0.1, 0.15) is 48.3 Å². The zero-order valence-corrected chi connectivity index (χ0v) is 26.6. The lowest BCUT2D eigenvalue weighted by Gasteiger charge is -2.33. The van der Waals surface area contributed by atoms with Gasteiger partial charge in [0, 0.05) is 18.0 Å². The highest BCUT2D eigenvalue weighted by Crippen LogP contribution is 2.39. The molecule has 248 valence electrons. The average Bonchev–Trinajstić information content (AvgIpc) is 3.35. The number of amides is 2. The second-order valence-electron chi connectivity index (χ2n) is 9.57. The van der Waals surface area contributed by atoms with Crippen molar-refractivity contribution in [2.24, 2.45) is 0 Å². The van der Waals surface area contributed by atoms with Gasteiger partial charge in [0.05, 0.1) is 16.8 Å². The summed E-state index contributed by atoms with van der Waals surface area (Å²) in [5, 5.41) is 44.7. The quantitative estimate of drug-likeness (QED) is 0.0871. The van der Waals surface area contributed by atoms with E-state index in [1.54, 1.807) is 29.5 Å². The van der Waals surface area contributed by atoms with Crippen LogP contribution >= 0.6 is 38.2 Å². The largest absolute Gasteiger partial charge is 0.469 e. The SMILES string of the molecule is C=C1NC(=O)C(C)=CN1[C@@H]1O[C@H](COP(=O)(O)O)[C@@H](O)[C@H]1O.C=C1NC(=O)C(I)=CN1[C@@H]1O[C@H](COP(=O)(O)O)[C@@H](O)[C@H]1O. The summed E-state index contributed by atoms with van der Waals surface area (Å²) in [6, 6.07) is 0. The number of ether oxygens (including phenoxy) is 2. The summed E-state index contributed by atoms with van der Waals surface area (Å²) in [6.45, 7) is 7.56. The summed E-state index contributed by atoms with van der Waals surface area (Å²) < 4.78 is 41.0. The van der Waals surface area contributed by atoms with Crippen molar-refractivity contribution >= 4 is 50.1 Å². The summed E-state index contributed by atoms with van der Waals surface area (Å²) in [6.07, 6.45) is -7.30. The maximum absolute atomic E-state index is 11.5. The van der Waals surface area contributed by atoms with E-state index < -0.39 is 77.9 Å². The van der Waals surface area contributed by atoms with E-state index in [9.17, 15) is 39.1 Å². The molecule has 44 heavy (non-hydrogen) atoms. The molecule has 2 saturated heterocycles. The summed E-state index contributed by atoms with van der Waals surface area (Å²) in [5.41, 5.74) is 0.340. The molecule has 0 unspecified atom stereocenters. The molecule has 10 N–H and O–H groups in total. The van der Waals surface area contributed by atoms with Crippen LogP contribution in [-0.4, -0.2) is 124 Å². The molecular formula is C21H31IN4O16P2. The zero-order chi connectivity index (χ0) is 33.3. The minimum atomic E-state index is -4.72. The molecule has 0 aromatic carbocycles. The first-order valence-electron chi connectivity index (χ1n) is 12.3. The van der Waals surface area contributed by atoms with Gasteiger partial charge >= 0.3 is 15.6 Å². The second kappa shape index (κ2) is 14.3. The molecule has 4 aliphatic rings. The molecule has 0 aromatic heterocycles. The Balaban J connectivity index is 0.000000240. The zero-order valence-electron chi connectivity index (χ0n) is 22.6. The van der Waals surface area contributed by atoms with Crippen LogP contribution in [0, 0.1) is 0 Å². The van der Waals surface area contributed by atoms with Gasteiger partial charge in [-0.15, -0.1) is 0 Å². The number of hydrogen-bond acceptors (Lipinski definition) is 14. The van der Waals surface area contributed by atoms with E-state index in [0.29, 0.717) is 9.15 Å². The molecule has 23 heteroatoms. The number of halogens is 1. The number of carbonyl (C=O) groups excluding carboxylic acids is 2. The standard InChI is InChI=1S/C11H17N2O8P.C10H14IN2O8P/c1-5-3-13(6(2)12-10(5)16)11-9(15)8(14)7(21-11)4-20-22(17,18)19;1-4-12-9(16)5(11)2-13(4)10-8(15)7(14)6(21-10)3-20-22(17,18)19/h3,7-9,11,14-15H,2,4H2,1H3,(H,12,16)(H2,17,18,19);2,6-8,10,14-15H,1,3H2,(H,12,16)(H2,17,18,19)/t7-,8-,9-,11-;6-,7-,8-,10-/m11/s1. The van der Waals surface area contributed by atoms with Gasteiger partial charge in [-0.25, -0.2) is 9.13 Å². The van der Waals surface area contributed by atoms with Crippen LogP contribution in [0.1, 0.15) is 6.92 Å². The Bertz CT molecular complexity index is 1220. The topological polar surface area (TPSA) is 298 Å². The fourth-order valence-corrected chi connectivity index (χ4v) is 5.26. The number of aliphatic hydroxyl groups excluding tert-OH is 4. The van der Waals surface area contributed by atoms with Gasteiger partial charge < -0.3 is 69.9 Å². The van der Waals surface area contributed by atoms with Gasteiger partial charge in [0.25, 0.3) is 11.8 Å². The van der Waals surface area contributed by atoms with Crippen molar-refractivity contribution in [1.29, 1.82) is 0 Å². The molecule has 0 bridgehead atoms. The second-order valence-corrected chi connectivity index (χ2v) is 13.2. The number of hydrogen-bond donors (Lipinski definition) is 10. The third-order valence-corrected chi connectivity index (χ3v) is 8.08. The Hall–Kier alpha value is -1.79. The van der Waals surface area contributed by atoms with Gasteiger partial charge in [-0.1, -0.05) is 13.2 Å². The van der Waals surface area contributed by atoms with E-state index in [1.165, 1.54) is 22.2 Å². The Labute approximate surface area is 262 Å². The van der Waals surface area contributed by atoms with Crippen LogP contribution in [0.4, 0.5) is 0 Å². The van der Waals surface area contributed by atoms with E-state index in [-0.39, 0.29) is 23.5 Å². The molecular weight excluding hydrogens is 753 g/mol. The van der Waals surface area contributed by atoms with Crippen LogP contribution in [0.2, 0.25) is 0 Å². The Morgan fingerprint density at radius 2 is 1.18 bits per heavy atom.